The number of anilines is 2. The molecule has 1 aliphatic rings. The Hall–Kier alpha value is -3.52. The van der Waals surface area contributed by atoms with Crippen LogP contribution in [0.1, 0.15) is 44.7 Å². The van der Waals surface area contributed by atoms with Crippen LogP contribution in [0.2, 0.25) is 0 Å². The molecule has 222 valence electrons. The maximum absolute atomic E-state index is 15.6. The summed E-state index contributed by atoms with van der Waals surface area (Å²) in [5, 5.41) is 22.1. The number of amides is 1. The summed E-state index contributed by atoms with van der Waals surface area (Å²) < 4.78 is 61.2. The number of benzene rings is 1. The third kappa shape index (κ3) is 6.53. The van der Waals surface area contributed by atoms with Crippen molar-refractivity contribution in [3.63, 3.8) is 0 Å². The van der Waals surface area contributed by atoms with Gasteiger partial charge in [-0.05, 0) is 42.5 Å². The maximum atomic E-state index is 15.6. The highest BCUT2D eigenvalue weighted by atomic mass is 32.1. The van der Waals surface area contributed by atoms with E-state index in [0.717, 1.165) is 21.8 Å². The van der Waals surface area contributed by atoms with Gasteiger partial charge in [-0.1, -0.05) is 26.8 Å². The summed E-state index contributed by atoms with van der Waals surface area (Å²) in [6.45, 7) is 7.91. The number of likely N-dealkylation sites (tertiary alicyclic amines) is 1. The minimum atomic E-state index is -4.88. The number of halogens is 4. The third-order valence-corrected chi connectivity index (χ3v) is 8.03. The number of aliphatic hydroxyl groups is 1. The predicted molar refractivity (Wildman–Crippen MR) is 145 cm³/mol. The van der Waals surface area contributed by atoms with E-state index < -0.39 is 46.6 Å². The van der Waals surface area contributed by atoms with E-state index in [2.05, 4.69) is 20.3 Å². The van der Waals surface area contributed by atoms with Gasteiger partial charge >= 0.3 is 12.3 Å². The zero-order valence-electron chi connectivity index (χ0n) is 23.0. The van der Waals surface area contributed by atoms with Crippen molar-refractivity contribution in [2.45, 2.75) is 71.1 Å². The fourth-order valence-corrected chi connectivity index (χ4v) is 5.70. The summed E-state index contributed by atoms with van der Waals surface area (Å²) in [5.41, 5.74) is -1.86. The normalized spacial score (nSPS) is 21.3. The molecule has 4 unspecified atom stereocenters. The lowest BCUT2D eigenvalue weighted by atomic mass is 9.78. The molecule has 3 N–H and O–H groups in total. The Balaban J connectivity index is 1.52. The molecular formula is C27H31F4N5O4S. The molecule has 0 spiro atoms. The van der Waals surface area contributed by atoms with Gasteiger partial charge in [-0.25, -0.2) is 19.2 Å². The highest BCUT2D eigenvalue weighted by molar-refractivity contribution is 7.15. The van der Waals surface area contributed by atoms with Gasteiger partial charge in [0.25, 0.3) is 0 Å². The second kappa shape index (κ2) is 11.0. The number of piperidine rings is 1. The van der Waals surface area contributed by atoms with Gasteiger partial charge in [-0.15, -0.1) is 11.3 Å². The molecular weight excluding hydrogens is 566 g/mol. The van der Waals surface area contributed by atoms with Crippen LogP contribution in [-0.4, -0.2) is 67.2 Å². The van der Waals surface area contributed by atoms with Gasteiger partial charge in [0.2, 0.25) is 17.4 Å². The van der Waals surface area contributed by atoms with Gasteiger partial charge in [0.15, 0.2) is 6.17 Å². The molecule has 0 saturated carbocycles. The number of ether oxygens (including phenoxy) is 1. The molecule has 0 aliphatic carbocycles. The molecule has 1 aromatic carbocycles. The zero-order valence-corrected chi connectivity index (χ0v) is 23.8. The van der Waals surface area contributed by atoms with Crippen molar-refractivity contribution < 1.29 is 37.3 Å². The van der Waals surface area contributed by atoms with Crippen LogP contribution >= 0.6 is 11.3 Å². The highest BCUT2D eigenvalue weighted by Crippen LogP contribution is 2.42. The molecule has 41 heavy (non-hydrogen) atoms. The number of thiazole rings is 1. The summed E-state index contributed by atoms with van der Waals surface area (Å²) >= 11 is 0.733. The molecule has 1 amide bonds. The van der Waals surface area contributed by atoms with Crippen LogP contribution in [-0.2, 0) is 5.60 Å². The molecule has 9 nitrogen and oxygen atoms in total. The van der Waals surface area contributed by atoms with Crippen LogP contribution in [0.3, 0.4) is 0 Å². The fraction of sp³-hybridized carbons (Fsp3) is 0.481. The maximum Gasteiger partial charge on any atom is 0.423 e. The molecule has 3 aromatic rings. The van der Waals surface area contributed by atoms with Gasteiger partial charge in [0.1, 0.15) is 11.1 Å². The second-order valence-electron chi connectivity index (χ2n) is 11.2. The van der Waals surface area contributed by atoms with Crippen LogP contribution in [0.15, 0.2) is 36.7 Å². The third-order valence-electron chi connectivity index (χ3n) is 6.77. The summed E-state index contributed by atoms with van der Waals surface area (Å²) in [4.78, 5) is 25.5. The van der Waals surface area contributed by atoms with Gasteiger partial charge < -0.3 is 25.2 Å². The minimum absolute atomic E-state index is 0.0981. The number of aryl methyl sites for hydroxylation is 1. The SMILES string of the molecule is Cc1cc(Nc2nccc(OC3CCN(C(=O)O)C(C(C)(C)C)C3F)n2)cc(-c2cnc(C(C)(O)C(F)(F)F)s2)c1. The van der Waals surface area contributed by atoms with Crippen molar-refractivity contribution in [1.29, 1.82) is 0 Å². The Kier molecular flexibility index (Phi) is 8.20. The monoisotopic (exact) mass is 597 g/mol. The van der Waals surface area contributed by atoms with Crippen molar-refractivity contribution >= 4 is 29.1 Å². The first-order valence-corrected chi connectivity index (χ1v) is 13.6. The molecule has 4 atom stereocenters. The van der Waals surface area contributed by atoms with Crippen LogP contribution < -0.4 is 10.1 Å². The van der Waals surface area contributed by atoms with Crippen molar-refractivity contribution in [3.05, 3.63) is 47.2 Å². The molecule has 4 rings (SSSR count). The first kappa shape index (κ1) is 30.4. The number of aromatic nitrogens is 3. The first-order chi connectivity index (χ1) is 19.0. The Morgan fingerprint density at radius 3 is 2.51 bits per heavy atom. The Bertz CT molecular complexity index is 1410. The Morgan fingerprint density at radius 1 is 1.17 bits per heavy atom. The number of hydrogen-bond acceptors (Lipinski definition) is 8. The van der Waals surface area contributed by atoms with Crippen LogP contribution in [0.4, 0.5) is 34.0 Å². The molecule has 0 bridgehead atoms. The number of alkyl halides is 4. The number of hydrogen-bond donors (Lipinski definition) is 3. The first-order valence-electron chi connectivity index (χ1n) is 12.7. The van der Waals surface area contributed by atoms with Crippen LogP contribution in [0, 0.1) is 12.3 Å². The van der Waals surface area contributed by atoms with E-state index in [0.29, 0.717) is 23.1 Å². The fourth-order valence-electron chi connectivity index (χ4n) is 4.73. The second-order valence-corrected chi connectivity index (χ2v) is 12.2. The average Bonchev–Trinajstić information content (AvgIpc) is 3.35. The molecule has 3 heterocycles. The Morgan fingerprint density at radius 2 is 1.88 bits per heavy atom. The van der Waals surface area contributed by atoms with E-state index in [1.807, 2.05) is 0 Å². The topological polar surface area (TPSA) is 121 Å². The highest BCUT2D eigenvalue weighted by Gasteiger charge is 2.53. The molecule has 14 heteroatoms. The number of rotatable bonds is 6. The van der Waals surface area contributed by atoms with Gasteiger partial charge in [-0.2, -0.15) is 18.2 Å². The molecule has 0 radical (unpaired) electrons. The van der Waals surface area contributed by atoms with Gasteiger partial charge in [-0.3, -0.25) is 0 Å². The molecule has 2 aromatic heterocycles. The van der Waals surface area contributed by atoms with Crippen LogP contribution in [0.25, 0.3) is 10.4 Å². The number of nitrogens with one attached hydrogen (secondary N) is 1. The van der Waals surface area contributed by atoms with Gasteiger partial charge in [0.05, 0.1) is 10.9 Å². The summed E-state index contributed by atoms with van der Waals surface area (Å²) in [5.74, 6) is 0.232. The van der Waals surface area contributed by atoms with E-state index in [-0.39, 0.29) is 24.8 Å². The van der Waals surface area contributed by atoms with E-state index in [1.54, 1.807) is 45.9 Å². The van der Waals surface area contributed by atoms with Gasteiger partial charge in [0, 0.05) is 37.1 Å². The zero-order chi connectivity index (χ0) is 30.3. The van der Waals surface area contributed by atoms with E-state index >= 15 is 4.39 Å². The minimum Gasteiger partial charge on any atom is -0.471 e. The number of nitrogens with zero attached hydrogens (tertiary/aromatic N) is 4. The number of carbonyl (C=O) groups is 1. The predicted octanol–water partition coefficient (Wildman–Crippen LogP) is 6.31. The molecule has 1 saturated heterocycles. The lowest BCUT2D eigenvalue weighted by molar-refractivity contribution is -0.258. The van der Waals surface area contributed by atoms with E-state index in [4.69, 9.17) is 4.74 Å². The summed E-state index contributed by atoms with van der Waals surface area (Å²) in [7, 11) is 0. The number of carboxylic acid groups (broad SMARTS) is 1. The summed E-state index contributed by atoms with van der Waals surface area (Å²) in [6.07, 6.45) is -5.72. The quantitative estimate of drug-likeness (QED) is 0.283. The smallest absolute Gasteiger partial charge is 0.423 e. The standard InChI is InChI=1S/C27H31F4N5O4S/c1-14-10-15(18-13-33-22(41-18)26(5,39)27(29,30)31)12-16(11-14)34-23-32-8-6-19(35-23)40-17-7-9-36(24(37)38)21(20(17)28)25(2,3)4/h6,8,10-13,17,20-21,39H,7,9H2,1-5H3,(H,37,38)(H,32,34,35). The lowest BCUT2D eigenvalue weighted by Gasteiger charge is -2.46. The van der Waals surface area contributed by atoms with Crippen molar-refractivity contribution in [2.75, 3.05) is 11.9 Å². The lowest BCUT2D eigenvalue weighted by Crippen LogP contribution is -2.60. The average molecular weight is 598 g/mol. The largest absolute Gasteiger partial charge is 0.471 e. The molecule has 1 fully saturated rings. The van der Waals surface area contributed by atoms with E-state index in [9.17, 15) is 28.2 Å². The van der Waals surface area contributed by atoms with E-state index in [1.165, 1.54) is 18.5 Å². The Labute approximate surface area is 238 Å². The summed E-state index contributed by atoms with van der Waals surface area (Å²) in [6, 6.07) is 5.79. The van der Waals surface area contributed by atoms with Crippen molar-refractivity contribution in [1.82, 2.24) is 19.9 Å². The van der Waals surface area contributed by atoms with Crippen molar-refractivity contribution in [2.24, 2.45) is 5.41 Å². The molecule has 1 aliphatic heterocycles. The van der Waals surface area contributed by atoms with Crippen molar-refractivity contribution in [3.8, 4) is 16.3 Å². The van der Waals surface area contributed by atoms with Crippen LogP contribution in [0.5, 0.6) is 5.88 Å².